The SMILES string of the molecule is CC1(C)NC(=O)CCN(c2cnc3ccccc3c2)C1=O. The summed E-state index contributed by atoms with van der Waals surface area (Å²) < 4.78 is 0. The number of hydrogen-bond donors (Lipinski definition) is 1. The van der Waals surface area contributed by atoms with Gasteiger partial charge in [0.15, 0.2) is 0 Å². The van der Waals surface area contributed by atoms with Crippen molar-refractivity contribution in [2.45, 2.75) is 25.8 Å². The second-order valence-electron chi connectivity index (χ2n) is 5.77. The summed E-state index contributed by atoms with van der Waals surface area (Å²) in [6, 6.07) is 9.69. The Morgan fingerprint density at radius 3 is 2.81 bits per heavy atom. The van der Waals surface area contributed by atoms with Crippen LogP contribution in [0.5, 0.6) is 0 Å². The number of hydrogen-bond acceptors (Lipinski definition) is 3. The number of nitrogens with zero attached hydrogens (tertiary/aromatic N) is 2. The minimum atomic E-state index is -0.904. The third kappa shape index (κ3) is 2.46. The van der Waals surface area contributed by atoms with E-state index in [0.29, 0.717) is 13.0 Å². The molecule has 2 amide bonds. The van der Waals surface area contributed by atoms with E-state index in [1.165, 1.54) is 0 Å². The minimum Gasteiger partial charge on any atom is -0.342 e. The fraction of sp³-hybridized carbons (Fsp3) is 0.312. The molecule has 5 nitrogen and oxygen atoms in total. The molecule has 21 heavy (non-hydrogen) atoms. The summed E-state index contributed by atoms with van der Waals surface area (Å²) in [5, 5.41) is 3.73. The molecule has 0 unspecified atom stereocenters. The zero-order chi connectivity index (χ0) is 15.0. The summed E-state index contributed by atoms with van der Waals surface area (Å²) in [4.78, 5) is 30.4. The van der Waals surface area contributed by atoms with Gasteiger partial charge in [-0.3, -0.25) is 14.6 Å². The number of fused-ring (bicyclic) bond motifs is 1. The standard InChI is InChI=1S/C16H17N3O2/c1-16(2)15(21)19(8-7-14(20)18-16)12-9-11-5-3-4-6-13(11)17-10-12/h3-6,9-10H,7-8H2,1-2H3,(H,18,20). The number of amides is 2. The Kier molecular flexibility index (Phi) is 3.12. The molecule has 1 N–H and O–H groups in total. The van der Waals surface area contributed by atoms with Gasteiger partial charge < -0.3 is 10.2 Å². The molecule has 2 aromatic rings. The Hall–Kier alpha value is -2.43. The van der Waals surface area contributed by atoms with Crippen molar-refractivity contribution in [1.29, 1.82) is 0 Å². The number of rotatable bonds is 1. The van der Waals surface area contributed by atoms with Crippen LogP contribution in [0.1, 0.15) is 20.3 Å². The smallest absolute Gasteiger partial charge is 0.252 e. The van der Waals surface area contributed by atoms with Crippen molar-refractivity contribution in [1.82, 2.24) is 10.3 Å². The van der Waals surface area contributed by atoms with Crippen molar-refractivity contribution in [3.63, 3.8) is 0 Å². The van der Waals surface area contributed by atoms with Crippen molar-refractivity contribution in [3.05, 3.63) is 36.5 Å². The van der Waals surface area contributed by atoms with Crippen molar-refractivity contribution in [2.75, 3.05) is 11.4 Å². The Balaban J connectivity index is 2.03. The normalized spacial score (nSPS) is 18.5. The van der Waals surface area contributed by atoms with E-state index in [1.54, 1.807) is 24.9 Å². The quantitative estimate of drug-likeness (QED) is 0.869. The molecule has 0 aliphatic carbocycles. The van der Waals surface area contributed by atoms with Crippen LogP contribution in [0.3, 0.4) is 0 Å². The van der Waals surface area contributed by atoms with Crippen LogP contribution in [-0.4, -0.2) is 28.9 Å². The Bertz CT molecular complexity index is 724. The molecule has 2 heterocycles. The lowest BCUT2D eigenvalue weighted by Gasteiger charge is -2.28. The topological polar surface area (TPSA) is 62.3 Å². The number of benzene rings is 1. The van der Waals surface area contributed by atoms with E-state index in [-0.39, 0.29) is 11.8 Å². The monoisotopic (exact) mass is 283 g/mol. The van der Waals surface area contributed by atoms with Crippen LogP contribution >= 0.6 is 0 Å². The summed E-state index contributed by atoms with van der Waals surface area (Å²) in [5.74, 6) is -0.227. The second kappa shape index (κ2) is 4.84. The van der Waals surface area contributed by atoms with Crippen LogP contribution in [-0.2, 0) is 9.59 Å². The number of anilines is 1. The van der Waals surface area contributed by atoms with E-state index in [0.717, 1.165) is 16.6 Å². The molecule has 1 aliphatic heterocycles. The lowest BCUT2D eigenvalue weighted by molar-refractivity contribution is -0.128. The van der Waals surface area contributed by atoms with Gasteiger partial charge in [0.05, 0.1) is 17.4 Å². The summed E-state index contributed by atoms with van der Waals surface area (Å²) in [6.45, 7) is 3.81. The first-order valence-electron chi connectivity index (χ1n) is 6.95. The summed E-state index contributed by atoms with van der Waals surface area (Å²) >= 11 is 0. The molecule has 1 aromatic heterocycles. The average molecular weight is 283 g/mol. The van der Waals surface area contributed by atoms with Gasteiger partial charge in [0.2, 0.25) is 5.91 Å². The molecule has 0 saturated carbocycles. The number of carbonyl (C=O) groups is 2. The van der Waals surface area contributed by atoms with Gasteiger partial charge in [-0.2, -0.15) is 0 Å². The van der Waals surface area contributed by atoms with E-state index in [9.17, 15) is 9.59 Å². The Morgan fingerprint density at radius 1 is 1.24 bits per heavy atom. The van der Waals surface area contributed by atoms with Gasteiger partial charge in [0.25, 0.3) is 5.91 Å². The van der Waals surface area contributed by atoms with E-state index in [4.69, 9.17) is 0 Å². The van der Waals surface area contributed by atoms with Crippen LogP contribution in [0.4, 0.5) is 5.69 Å². The van der Waals surface area contributed by atoms with Crippen LogP contribution in [0.15, 0.2) is 36.5 Å². The van der Waals surface area contributed by atoms with Gasteiger partial charge in [-0.15, -0.1) is 0 Å². The first kappa shape index (κ1) is 13.5. The van der Waals surface area contributed by atoms with Gasteiger partial charge >= 0.3 is 0 Å². The average Bonchev–Trinajstić information content (AvgIpc) is 2.55. The number of pyridine rings is 1. The zero-order valence-electron chi connectivity index (χ0n) is 12.1. The molecule has 0 spiro atoms. The van der Waals surface area contributed by atoms with Crippen LogP contribution in [0.2, 0.25) is 0 Å². The maximum Gasteiger partial charge on any atom is 0.252 e. The number of para-hydroxylation sites is 1. The largest absolute Gasteiger partial charge is 0.342 e. The molecule has 1 fully saturated rings. The van der Waals surface area contributed by atoms with Crippen LogP contribution < -0.4 is 10.2 Å². The predicted molar refractivity (Wildman–Crippen MR) is 80.9 cm³/mol. The highest BCUT2D eigenvalue weighted by molar-refractivity contribution is 6.04. The van der Waals surface area contributed by atoms with E-state index in [2.05, 4.69) is 10.3 Å². The number of carbonyl (C=O) groups excluding carboxylic acids is 2. The molecular weight excluding hydrogens is 266 g/mol. The molecule has 0 bridgehead atoms. The van der Waals surface area contributed by atoms with Crippen molar-refractivity contribution in [3.8, 4) is 0 Å². The molecule has 1 aliphatic rings. The third-order valence-electron chi connectivity index (χ3n) is 3.68. The third-order valence-corrected chi connectivity index (χ3v) is 3.68. The molecule has 0 radical (unpaired) electrons. The van der Waals surface area contributed by atoms with Gasteiger partial charge in [-0.1, -0.05) is 18.2 Å². The maximum absolute atomic E-state index is 12.6. The van der Waals surface area contributed by atoms with Crippen molar-refractivity contribution < 1.29 is 9.59 Å². The molecule has 1 saturated heterocycles. The second-order valence-corrected chi connectivity index (χ2v) is 5.77. The number of nitrogens with one attached hydrogen (secondary N) is 1. The molecule has 3 rings (SSSR count). The lowest BCUT2D eigenvalue weighted by atomic mass is 10.0. The predicted octanol–water partition coefficient (Wildman–Crippen LogP) is 1.87. The molecule has 0 atom stereocenters. The number of aromatic nitrogens is 1. The Labute approximate surface area is 123 Å². The molecule has 5 heteroatoms. The molecular formula is C16H17N3O2. The van der Waals surface area contributed by atoms with Crippen molar-refractivity contribution >= 4 is 28.4 Å². The fourth-order valence-electron chi connectivity index (χ4n) is 2.57. The first-order valence-corrected chi connectivity index (χ1v) is 6.95. The summed E-state index contributed by atoms with van der Waals surface area (Å²) in [6.07, 6.45) is 1.98. The van der Waals surface area contributed by atoms with Gasteiger partial charge in [-0.25, -0.2) is 0 Å². The van der Waals surface area contributed by atoms with E-state index in [1.807, 2.05) is 30.3 Å². The zero-order valence-corrected chi connectivity index (χ0v) is 12.1. The molecule has 108 valence electrons. The van der Waals surface area contributed by atoms with Crippen LogP contribution in [0, 0.1) is 0 Å². The Morgan fingerprint density at radius 2 is 2.00 bits per heavy atom. The summed E-state index contributed by atoms with van der Waals surface area (Å²) in [5.41, 5.74) is 0.708. The van der Waals surface area contributed by atoms with Gasteiger partial charge in [-0.05, 0) is 26.0 Å². The maximum atomic E-state index is 12.6. The van der Waals surface area contributed by atoms with E-state index < -0.39 is 5.54 Å². The minimum absolute atomic E-state index is 0.107. The van der Waals surface area contributed by atoms with Crippen molar-refractivity contribution in [2.24, 2.45) is 0 Å². The van der Waals surface area contributed by atoms with Gasteiger partial charge in [0.1, 0.15) is 5.54 Å². The highest BCUT2D eigenvalue weighted by atomic mass is 16.2. The van der Waals surface area contributed by atoms with E-state index >= 15 is 0 Å². The fourth-order valence-corrected chi connectivity index (χ4v) is 2.57. The summed E-state index contributed by atoms with van der Waals surface area (Å²) in [7, 11) is 0. The lowest BCUT2D eigenvalue weighted by Crippen LogP contribution is -2.53. The first-order chi connectivity index (χ1) is 9.97. The van der Waals surface area contributed by atoms with Crippen LogP contribution in [0.25, 0.3) is 10.9 Å². The highest BCUT2D eigenvalue weighted by Gasteiger charge is 2.37. The molecule has 1 aromatic carbocycles. The van der Waals surface area contributed by atoms with Gasteiger partial charge in [0, 0.05) is 18.4 Å². The highest BCUT2D eigenvalue weighted by Crippen LogP contribution is 2.24.